The molecule has 0 aromatic heterocycles. The smallest absolute Gasteiger partial charge is 0.134 e. The number of nitrogens with zero attached hydrogens (tertiary/aromatic N) is 1. The largest absolute Gasteiger partial charge is 0.496 e. The molecule has 0 bridgehead atoms. The average Bonchev–Trinajstić information content (AvgIpc) is 2.17. The van der Waals surface area contributed by atoms with Crippen molar-refractivity contribution < 1.29 is 4.74 Å². The Bertz CT molecular complexity index is 357. The summed E-state index contributed by atoms with van der Waals surface area (Å²) < 4.78 is 5.86. The normalized spacial score (nSPS) is 9.38. The fourth-order valence-electron chi connectivity index (χ4n) is 1.02. The van der Waals surface area contributed by atoms with Crippen LogP contribution in [-0.2, 0) is 6.54 Å². The highest BCUT2D eigenvalue weighted by Crippen LogP contribution is 2.27. The number of rotatable bonds is 2. The molecule has 2 N–H and O–H groups in total. The molecule has 0 aliphatic carbocycles. The van der Waals surface area contributed by atoms with Gasteiger partial charge in [0.25, 0.3) is 0 Å². The van der Waals surface area contributed by atoms with Crippen molar-refractivity contribution in [2.24, 2.45) is 5.73 Å². The lowest BCUT2D eigenvalue weighted by Crippen LogP contribution is -2.00. The van der Waals surface area contributed by atoms with Gasteiger partial charge in [0.15, 0.2) is 0 Å². The zero-order chi connectivity index (χ0) is 9.84. The molecule has 0 fully saturated rings. The highest BCUT2D eigenvalue weighted by Gasteiger charge is 2.06. The van der Waals surface area contributed by atoms with Gasteiger partial charge in [-0.05, 0) is 33.6 Å². The van der Waals surface area contributed by atoms with Gasteiger partial charge in [-0.25, -0.2) is 0 Å². The number of ether oxygens (including phenoxy) is 1. The summed E-state index contributed by atoms with van der Waals surface area (Å²) in [5.74, 6) is 0.647. The molecule has 13 heavy (non-hydrogen) atoms. The number of hydrogen-bond donors (Lipinski definition) is 1. The van der Waals surface area contributed by atoms with Crippen LogP contribution in [0.5, 0.6) is 5.75 Å². The fraction of sp³-hybridized carbons (Fsp3) is 0.222. The Hall–Kier alpha value is -1.05. The molecule has 4 heteroatoms. The first kappa shape index (κ1) is 10.0. The van der Waals surface area contributed by atoms with Gasteiger partial charge in [0.05, 0.1) is 23.2 Å². The van der Waals surface area contributed by atoms with E-state index in [2.05, 4.69) is 22.0 Å². The number of halogens is 1. The van der Waals surface area contributed by atoms with Crippen molar-refractivity contribution in [3.8, 4) is 11.8 Å². The molecule has 0 heterocycles. The Labute approximate surface area is 85.2 Å². The summed E-state index contributed by atoms with van der Waals surface area (Å²) >= 11 is 3.32. The van der Waals surface area contributed by atoms with Gasteiger partial charge in [-0.3, -0.25) is 0 Å². The highest BCUT2D eigenvalue weighted by atomic mass is 79.9. The second kappa shape index (κ2) is 4.26. The van der Waals surface area contributed by atoms with Crippen LogP contribution in [0.2, 0.25) is 0 Å². The molecule has 1 aromatic carbocycles. The van der Waals surface area contributed by atoms with Gasteiger partial charge in [-0.1, -0.05) is 0 Å². The van der Waals surface area contributed by atoms with E-state index in [0.717, 1.165) is 10.0 Å². The minimum atomic E-state index is 0.353. The first-order valence-corrected chi connectivity index (χ1v) is 4.48. The molecule has 3 nitrogen and oxygen atoms in total. The van der Waals surface area contributed by atoms with E-state index >= 15 is 0 Å². The van der Waals surface area contributed by atoms with Crippen molar-refractivity contribution in [3.63, 3.8) is 0 Å². The van der Waals surface area contributed by atoms with E-state index in [-0.39, 0.29) is 0 Å². The summed E-state index contributed by atoms with van der Waals surface area (Å²) in [6.45, 7) is 0.353. The maximum Gasteiger partial charge on any atom is 0.134 e. The SMILES string of the molecule is COc1cc(C#N)c(CN)cc1Br. The van der Waals surface area contributed by atoms with Crippen LogP contribution in [0, 0.1) is 11.3 Å². The molecule has 68 valence electrons. The zero-order valence-corrected chi connectivity index (χ0v) is 8.76. The number of nitrogens with two attached hydrogens (primary N) is 1. The second-order valence-electron chi connectivity index (χ2n) is 2.46. The van der Waals surface area contributed by atoms with Gasteiger partial charge >= 0.3 is 0 Å². The molecule has 0 amide bonds. The monoisotopic (exact) mass is 240 g/mol. The van der Waals surface area contributed by atoms with Crippen molar-refractivity contribution in [1.29, 1.82) is 5.26 Å². The van der Waals surface area contributed by atoms with Gasteiger partial charge in [0.2, 0.25) is 0 Å². The van der Waals surface area contributed by atoms with Gasteiger partial charge in [-0.2, -0.15) is 5.26 Å². The zero-order valence-electron chi connectivity index (χ0n) is 7.17. The van der Waals surface area contributed by atoms with E-state index in [1.54, 1.807) is 19.2 Å². The number of benzene rings is 1. The average molecular weight is 241 g/mol. The first-order chi connectivity index (χ1) is 6.22. The molecular formula is C9H9BrN2O. The number of hydrogen-bond acceptors (Lipinski definition) is 3. The van der Waals surface area contributed by atoms with E-state index in [9.17, 15) is 0 Å². The van der Waals surface area contributed by atoms with Crippen LogP contribution in [0.1, 0.15) is 11.1 Å². The summed E-state index contributed by atoms with van der Waals surface area (Å²) in [7, 11) is 1.56. The molecule has 1 aromatic rings. The second-order valence-corrected chi connectivity index (χ2v) is 3.31. The molecule has 0 atom stereocenters. The Balaban J connectivity index is 3.28. The first-order valence-electron chi connectivity index (χ1n) is 3.69. The molecule has 0 unspecified atom stereocenters. The molecule has 0 saturated carbocycles. The van der Waals surface area contributed by atoms with E-state index in [0.29, 0.717) is 17.9 Å². The Morgan fingerprint density at radius 1 is 1.62 bits per heavy atom. The van der Waals surface area contributed by atoms with Gasteiger partial charge in [-0.15, -0.1) is 0 Å². The fourth-order valence-corrected chi connectivity index (χ4v) is 1.58. The lowest BCUT2D eigenvalue weighted by molar-refractivity contribution is 0.412. The van der Waals surface area contributed by atoms with Crippen LogP contribution in [0.25, 0.3) is 0 Å². The van der Waals surface area contributed by atoms with Crippen molar-refractivity contribution >= 4 is 15.9 Å². The Kier molecular flexibility index (Phi) is 3.29. The van der Waals surface area contributed by atoms with Crippen molar-refractivity contribution in [3.05, 3.63) is 27.7 Å². The summed E-state index contributed by atoms with van der Waals surface area (Å²) in [5.41, 5.74) is 6.85. The maximum atomic E-state index is 8.78. The molecule has 0 radical (unpaired) electrons. The molecule has 0 aliphatic rings. The van der Waals surface area contributed by atoms with Crippen LogP contribution >= 0.6 is 15.9 Å². The molecule has 0 spiro atoms. The van der Waals surface area contributed by atoms with Crippen LogP contribution < -0.4 is 10.5 Å². The summed E-state index contributed by atoms with van der Waals surface area (Å²) in [6.07, 6.45) is 0. The van der Waals surface area contributed by atoms with E-state index in [4.69, 9.17) is 15.7 Å². The quantitative estimate of drug-likeness (QED) is 0.858. The molecule has 0 saturated heterocycles. The van der Waals surface area contributed by atoms with Crippen molar-refractivity contribution in [2.75, 3.05) is 7.11 Å². The lowest BCUT2D eigenvalue weighted by atomic mass is 10.1. The van der Waals surface area contributed by atoms with Gasteiger partial charge < -0.3 is 10.5 Å². The standard InChI is InChI=1S/C9H9BrN2O/c1-13-9-3-7(5-12)6(4-11)2-8(9)10/h2-3H,4,11H2,1H3. The summed E-state index contributed by atoms with van der Waals surface area (Å²) in [5, 5.41) is 8.78. The minimum absolute atomic E-state index is 0.353. The van der Waals surface area contributed by atoms with Crippen LogP contribution in [0.15, 0.2) is 16.6 Å². The van der Waals surface area contributed by atoms with Crippen molar-refractivity contribution in [2.45, 2.75) is 6.54 Å². The number of nitriles is 1. The Morgan fingerprint density at radius 3 is 2.77 bits per heavy atom. The lowest BCUT2D eigenvalue weighted by Gasteiger charge is -2.06. The maximum absolute atomic E-state index is 8.78. The van der Waals surface area contributed by atoms with E-state index in [1.165, 1.54) is 0 Å². The molecular weight excluding hydrogens is 232 g/mol. The van der Waals surface area contributed by atoms with Crippen LogP contribution in [0.4, 0.5) is 0 Å². The van der Waals surface area contributed by atoms with Gasteiger partial charge in [0, 0.05) is 6.54 Å². The highest BCUT2D eigenvalue weighted by molar-refractivity contribution is 9.10. The molecule has 1 rings (SSSR count). The number of methoxy groups -OCH3 is 1. The third kappa shape index (κ3) is 2.00. The summed E-state index contributed by atoms with van der Waals surface area (Å²) in [4.78, 5) is 0. The van der Waals surface area contributed by atoms with E-state index < -0.39 is 0 Å². The topological polar surface area (TPSA) is 59.0 Å². The third-order valence-corrected chi connectivity index (χ3v) is 2.34. The summed E-state index contributed by atoms with van der Waals surface area (Å²) in [6, 6.07) is 5.54. The predicted octanol–water partition coefficient (Wildman–Crippen LogP) is 1.79. The van der Waals surface area contributed by atoms with Crippen LogP contribution in [0.3, 0.4) is 0 Å². The minimum Gasteiger partial charge on any atom is -0.496 e. The van der Waals surface area contributed by atoms with Crippen LogP contribution in [-0.4, -0.2) is 7.11 Å². The molecule has 0 aliphatic heterocycles. The third-order valence-electron chi connectivity index (χ3n) is 1.72. The van der Waals surface area contributed by atoms with E-state index in [1.807, 2.05) is 0 Å². The Morgan fingerprint density at radius 2 is 2.31 bits per heavy atom. The van der Waals surface area contributed by atoms with Crippen molar-refractivity contribution in [1.82, 2.24) is 0 Å². The predicted molar refractivity (Wildman–Crippen MR) is 53.3 cm³/mol. The van der Waals surface area contributed by atoms with Gasteiger partial charge in [0.1, 0.15) is 5.75 Å².